The SMILES string of the molecule is CCCCCCCCCCCCCCCCCC(=O)OCCOC(=O)CCCCC. The molecule has 0 aromatic rings. The monoisotopic (exact) mass is 426 g/mol. The first-order valence-electron chi connectivity index (χ1n) is 13.0. The zero-order valence-electron chi connectivity index (χ0n) is 20.2. The van der Waals surface area contributed by atoms with E-state index in [0.717, 1.165) is 32.1 Å². The molecule has 4 heteroatoms. The lowest BCUT2D eigenvalue weighted by Gasteiger charge is -2.06. The Morgan fingerprint density at radius 1 is 0.433 bits per heavy atom. The second kappa shape index (κ2) is 24.2. The van der Waals surface area contributed by atoms with Crippen molar-refractivity contribution in [3.8, 4) is 0 Å². The van der Waals surface area contributed by atoms with Crippen molar-refractivity contribution < 1.29 is 19.1 Å². The number of rotatable bonds is 23. The van der Waals surface area contributed by atoms with Gasteiger partial charge in [-0.3, -0.25) is 9.59 Å². The number of carbonyl (C=O) groups is 2. The third-order valence-corrected chi connectivity index (χ3v) is 5.58. The predicted octanol–water partition coefficient (Wildman–Crippen LogP) is 7.91. The Hall–Kier alpha value is -1.06. The van der Waals surface area contributed by atoms with E-state index in [4.69, 9.17) is 9.47 Å². The molecular formula is C26H50O4. The lowest BCUT2D eigenvalue weighted by molar-refractivity contribution is -0.152. The minimum atomic E-state index is -0.193. The van der Waals surface area contributed by atoms with Gasteiger partial charge in [0.15, 0.2) is 0 Å². The highest BCUT2D eigenvalue weighted by Gasteiger charge is 2.05. The summed E-state index contributed by atoms with van der Waals surface area (Å²) in [6, 6.07) is 0. The molecule has 0 saturated heterocycles. The minimum absolute atomic E-state index is 0.174. The molecule has 0 aromatic heterocycles. The van der Waals surface area contributed by atoms with Crippen LogP contribution in [0.25, 0.3) is 0 Å². The molecule has 0 spiro atoms. The van der Waals surface area contributed by atoms with E-state index in [0.29, 0.717) is 12.8 Å². The molecule has 30 heavy (non-hydrogen) atoms. The van der Waals surface area contributed by atoms with Gasteiger partial charge in [0.05, 0.1) is 0 Å². The first-order valence-corrected chi connectivity index (χ1v) is 13.0. The smallest absolute Gasteiger partial charge is 0.305 e. The minimum Gasteiger partial charge on any atom is -0.462 e. The van der Waals surface area contributed by atoms with Crippen molar-refractivity contribution in [2.24, 2.45) is 0 Å². The van der Waals surface area contributed by atoms with Crippen molar-refractivity contribution in [1.82, 2.24) is 0 Å². The maximum absolute atomic E-state index is 11.7. The fourth-order valence-corrected chi connectivity index (χ4v) is 3.62. The molecule has 4 nitrogen and oxygen atoms in total. The van der Waals surface area contributed by atoms with Gasteiger partial charge in [-0.25, -0.2) is 0 Å². The van der Waals surface area contributed by atoms with Gasteiger partial charge < -0.3 is 9.47 Å². The molecule has 0 N–H and O–H groups in total. The first kappa shape index (κ1) is 28.9. The van der Waals surface area contributed by atoms with Crippen LogP contribution in [0.2, 0.25) is 0 Å². The number of ether oxygens (including phenoxy) is 2. The maximum atomic E-state index is 11.7. The van der Waals surface area contributed by atoms with Crippen LogP contribution in [0, 0.1) is 0 Å². The Kier molecular flexibility index (Phi) is 23.4. The summed E-state index contributed by atoms with van der Waals surface area (Å²) < 4.78 is 10.2. The molecule has 0 unspecified atom stereocenters. The highest BCUT2D eigenvalue weighted by atomic mass is 16.6. The fourth-order valence-electron chi connectivity index (χ4n) is 3.62. The molecule has 178 valence electrons. The van der Waals surface area contributed by atoms with E-state index in [1.165, 1.54) is 83.5 Å². The van der Waals surface area contributed by atoms with E-state index in [2.05, 4.69) is 13.8 Å². The van der Waals surface area contributed by atoms with Gasteiger partial charge in [-0.2, -0.15) is 0 Å². The highest BCUT2D eigenvalue weighted by Crippen LogP contribution is 2.13. The third-order valence-electron chi connectivity index (χ3n) is 5.58. The van der Waals surface area contributed by atoms with Crippen molar-refractivity contribution in [3.63, 3.8) is 0 Å². The van der Waals surface area contributed by atoms with Gasteiger partial charge in [0.1, 0.15) is 13.2 Å². The lowest BCUT2D eigenvalue weighted by Crippen LogP contribution is -2.13. The third kappa shape index (κ3) is 23.2. The molecule has 0 amide bonds. The summed E-state index contributed by atoms with van der Waals surface area (Å²) >= 11 is 0. The topological polar surface area (TPSA) is 52.6 Å². The molecule has 0 saturated carbocycles. The van der Waals surface area contributed by atoms with Crippen molar-refractivity contribution >= 4 is 11.9 Å². The number of esters is 2. The number of hydrogen-bond acceptors (Lipinski definition) is 4. The van der Waals surface area contributed by atoms with E-state index in [9.17, 15) is 9.59 Å². The van der Waals surface area contributed by atoms with E-state index in [1.807, 2.05) is 0 Å². The summed E-state index contributed by atoms with van der Waals surface area (Å²) in [5.41, 5.74) is 0. The molecule has 0 fully saturated rings. The fraction of sp³-hybridized carbons (Fsp3) is 0.923. The summed E-state index contributed by atoms with van der Waals surface area (Å²) in [5, 5.41) is 0. The van der Waals surface area contributed by atoms with Crippen LogP contribution in [0.3, 0.4) is 0 Å². The normalized spacial score (nSPS) is 10.9. The average molecular weight is 427 g/mol. The highest BCUT2D eigenvalue weighted by molar-refractivity contribution is 5.70. The standard InChI is InChI=1S/C26H50O4/c1-3-5-7-8-9-10-11-12-13-14-15-16-17-18-20-22-26(28)30-24-23-29-25(27)21-19-6-4-2/h3-24H2,1-2H3. The van der Waals surface area contributed by atoms with Gasteiger partial charge in [0.25, 0.3) is 0 Å². The molecular weight excluding hydrogens is 376 g/mol. The van der Waals surface area contributed by atoms with Crippen LogP contribution in [-0.4, -0.2) is 25.2 Å². The number of carbonyl (C=O) groups excluding carboxylic acids is 2. The van der Waals surface area contributed by atoms with E-state index in [1.54, 1.807) is 0 Å². The quantitative estimate of drug-likeness (QED) is 0.123. The predicted molar refractivity (Wildman–Crippen MR) is 126 cm³/mol. The van der Waals surface area contributed by atoms with Crippen LogP contribution < -0.4 is 0 Å². The van der Waals surface area contributed by atoms with E-state index < -0.39 is 0 Å². The van der Waals surface area contributed by atoms with Crippen molar-refractivity contribution in [2.75, 3.05) is 13.2 Å². The van der Waals surface area contributed by atoms with Crippen molar-refractivity contribution in [3.05, 3.63) is 0 Å². The van der Waals surface area contributed by atoms with Crippen LogP contribution in [0.1, 0.15) is 142 Å². The van der Waals surface area contributed by atoms with Crippen molar-refractivity contribution in [1.29, 1.82) is 0 Å². The number of unbranched alkanes of at least 4 members (excludes halogenated alkanes) is 16. The summed E-state index contributed by atoms with van der Waals surface area (Å²) in [5.74, 6) is -0.367. The zero-order chi connectivity index (χ0) is 22.1. The van der Waals surface area contributed by atoms with Crippen LogP contribution >= 0.6 is 0 Å². The Balaban J connectivity index is 3.22. The molecule has 0 heterocycles. The summed E-state index contributed by atoms with van der Waals surface area (Å²) in [6.45, 7) is 4.73. The molecule has 0 rings (SSSR count). The van der Waals surface area contributed by atoms with E-state index >= 15 is 0 Å². The molecule has 0 atom stereocenters. The second-order valence-corrected chi connectivity index (χ2v) is 8.60. The largest absolute Gasteiger partial charge is 0.462 e. The number of hydrogen-bond donors (Lipinski definition) is 0. The van der Waals surface area contributed by atoms with Crippen LogP contribution in [0.15, 0.2) is 0 Å². The van der Waals surface area contributed by atoms with Gasteiger partial charge in [0, 0.05) is 12.8 Å². The molecule has 0 aliphatic rings. The Bertz CT molecular complexity index is 381. The Labute approximate surface area is 186 Å². The first-order chi connectivity index (χ1) is 14.7. The summed E-state index contributed by atoms with van der Waals surface area (Å²) in [6.07, 6.45) is 23.7. The Morgan fingerprint density at radius 2 is 0.700 bits per heavy atom. The summed E-state index contributed by atoms with van der Waals surface area (Å²) in [7, 11) is 0. The molecule has 0 aliphatic heterocycles. The van der Waals surface area contributed by atoms with E-state index in [-0.39, 0.29) is 25.2 Å². The van der Waals surface area contributed by atoms with Gasteiger partial charge in [-0.1, -0.05) is 117 Å². The maximum Gasteiger partial charge on any atom is 0.305 e. The van der Waals surface area contributed by atoms with Crippen LogP contribution in [-0.2, 0) is 19.1 Å². The van der Waals surface area contributed by atoms with Crippen LogP contribution in [0.4, 0.5) is 0 Å². The molecule has 0 aliphatic carbocycles. The lowest BCUT2D eigenvalue weighted by atomic mass is 10.0. The average Bonchev–Trinajstić information content (AvgIpc) is 2.74. The zero-order valence-corrected chi connectivity index (χ0v) is 20.2. The van der Waals surface area contributed by atoms with Gasteiger partial charge >= 0.3 is 11.9 Å². The van der Waals surface area contributed by atoms with Gasteiger partial charge in [-0.05, 0) is 12.8 Å². The molecule has 0 aromatic carbocycles. The molecule has 0 bridgehead atoms. The van der Waals surface area contributed by atoms with Crippen molar-refractivity contribution in [2.45, 2.75) is 142 Å². The van der Waals surface area contributed by atoms with Crippen LogP contribution in [0.5, 0.6) is 0 Å². The summed E-state index contributed by atoms with van der Waals surface area (Å²) in [4.78, 5) is 23.1. The van der Waals surface area contributed by atoms with Gasteiger partial charge in [-0.15, -0.1) is 0 Å². The van der Waals surface area contributed by atoms with Gasteiger partial charge in [0.2, 0.25) is 0 Å². The molecule has 0 radical (unpaired) electrons. The Morgan fingerprint density at radius 3 is 1.07 bits per heavy atom. The second-order valence-electron chi connectivity index (χ2n) is 8.60.